The first-order chi connectivity index (χ1) is 10.0. The smallest absolute Gasteiger partial charge is 0.257 e. The summed E-state index contributed by atoms with van der Waals surface area (Å²) in [6.07, 6.45) is 1.38. The lowest BCUT2D eigenvalue weighted by Gasteiger charge is -2.09. The molecular formula is C14H12BrClFN3O. The largest absolute Gasteiger partial charge is 0.370 e. The van der Waals surface area contributed by atoms with Crippen LogP contribution >= 0.6 is 27.5 Å². The highest BCUT2D eigenvalue weighted by Crippen LogP contribution is 2.23. The van der Waals surface area contributed by atoms with Gasteiger partial charge < -0.3 is 10.6 Å². The fourth-order valence-corrected chi connectivity index (χ4v) is 2.19. The van der Waals surface area contributed by atoms with E-state index in [0.29, 0.717) is 16.8 Å². The molecule has 7 heteroatoms. The molecule has 0 saturated carbocycles. The molecule has 1 aromatic heterocycles. The van der Waals surface area contributed by atoms with E-state index in [2.05, 4.69) is 31.5 Å². The maximum Gasteiger partial charge on any atom is 0.257 e. The maximum atomic E-state index is 13.7. The molecule has 1 heterocycles. The normalized spacial score (nSPS) is 10.3. The van der Waals surface area contributed by atoms with Crippen molar-refractivity contribution in [1.82, 2.24) is 4.98 Å². The van der Waals surface area contributed by atoms with Crippen LogP contribution in [-0.4, -0.2) is 17.4 Å². The standard InChI is InChI=1S/C14H12BrClFN3O/c1-2-18-13-6-9(10(16)7-19-13)14(21)20-12-4-3-8(15)5-11(12)17/h3-7H,2H2,1H3,(H,18,19)(H,20,21). The number of rotatable bonds is 4. The average molecular weight is 373 g/mol. The number of pyridine rings is 1. The van der Waals surface area contributed by atoms with Gasteiger partial charge in [0.25, 0.3) is 5.91 Å². The highest BCUT2D eigenvalue weighted by atomic mass is 79.9. The molecule has 2 N–H and O–H groups in total. The summed E-state index contributed by atoms with van der Waals surface area (Å²) < 4.78 is 14.3. The van der Waals surface area contributed by atoms with Crippen molar-refractivity contribution in [2.75, 3.05) is 17.2 Å². The maximum absolute atomic E-state index is 13.7. The van der Waals surface area contributed by atoms with E-state index < -0.39 is 11.7 Å². The Morgan fingerprint density at radius 3 is 2.86 bits per heavy atom. The first-order valence-electron chi connectivity index (χ1n) is 6.17. The van der Waals surface area contributed by atoms with Gasteiger partial charge in [-0.05, 0) is 31.2 Å². The fourth-order valence-electron chi connectivity index (χ4n) is 1.67. The molecule has 2 rings (SSSR count). The van der Waals surface area contributed by atoms with Crippen LogP contribution in [-0.2, 0) is 0 Å². The molecule has 4 nitrogen and oxygen atoms in total. The number of amides is 1. The lowest BCUT2D eigenvalue weighted by atomic mass is 10.2. The molecule has 0 aliphatic heterocycles. The quantitative estimate of drug-likeness (QED) is 0.840. The number of carbonyl (C=O) groups excluding carboxylic acids is 1. The van der Waals surface area contributed by atoms with Gasteiger partial charge in [-0.25, -0.2) is 9.37 Å². The van der Waals surface area contributed by atoms with E-state index in [0.717, 1.165) is 0 Å². The molecule has 0 unspecified atom stereocenters. The highest BCUT2D eigenvalue weighted by Gasteiger charge is 2.14. The zero-order chi connectivity index (χ0) is 15.4. The molecule has 21 heavy (non-hydrogen) atoms. The van der Waals surface area contributed by atoms with Gasteiger partial charge in [0.2, 0.25) is 0 Å². The van der Waals surface area contributed by atoms with Crippen LogP contribution in [0.1, 0.15) is 17.3 Å². The predicted octanol–water partition coefficient (Wildman–Crippen LogP) is 4.32. The molecule has 0 aliphatic rings. The van der Waals surface area contributed by atoms with Gasteiger partial charge >= 0.3 is 0 Å². The molecule has 2 aromatic rings. The average Bonchev–Trinajstić information content (AvgIpc) is 2.44. The molecule has 0 atom stereocenters. The third-order valence-electron chi connectivity index (χ3n) is 2.64. The lowest BCUT2D eigenvalue weighted by molar-refractivity contribution is 0.102. The van der Waals surface area contributed by atoms with Crippen LogP contribution in [0.15, 0.2) is 34.9 Å². The highest BCUT2D eigenvalue weighted by molar-refractivity contribution is 9.10. The van der Waals surface area contributed by atoms with Crippen molar-refractivity contribution < 1.29 is 9.18 Å². The Balaban J connectivity index is 2.25. The van der Waals surface area contributed by atoms with Crippen molar-refractivity contribution >= 4 is 44.9 Å². The Hall–Kier alpha value is -1.66. The molecule has 0 saturated heterocycles. The van der Waals surface area contributed by atoms with Crippen LogP contribution < -0.4 is 10.6 Å². The van der Waals surface area contributed by atoms with Gasteiger partial charge in [-0.15, -0.1) is 0 Å². The number of hydrogen-bond donors (Lipinski definition) is 2. The summed E-state index contributed by atoms with van der Waals surface area (Å²) in [6.45, 7) is 2.57. The van der Waals surface area contributed by atoms with E-state index in [4.69, 9.17) is 11.6 Å². The summed E-state index contributed by atoms with van der Waals surface area (Å²) in [4.78, 5) is 16.2. The zero-order valence-corrected chi connectivity index (χ0v) is 13.4. The third kappa shape index (κ3) is 3.92. The van der Waals surface area contributed by atoms with E-state index in [1.165, 1.54) is 24.4 Å². The van der Waals surface area contributed by atoms with Gasteiger partial charge in [-0.1, -0.05) is 27.5 Å². The van der Waals surface area contributed by atoms with Crippen molar-refractivity contribution in [3.8, 4) is 0 Å². The fraction of sp³-hybridized carbons (Fsp3) is 0.143. The van der Waals surface area contributed by atoms with Gasteiger partial charge in [0.15, 0.2) is 0 Å². The number of hydrogen-bond acceptors (Lipinski definition) is 3. The number of nitrogens with zero attached hydrogens (tertiary/aromatic N) is 1. The molecule has 110 valence electrons. The topological polar surface area (TPSA) is 54.0 Å². The number of aromatic nitrogens is 1. The number of benzene rings is 1. The van der Waals surface area contributed by atoms with E-state index in [1.54, 1.807) is 6.07 Å². The van der Waals surface area contributed by atoms with Crippen molar-refractivity contribution in [3.63, 3.8) is 0 Å². The summed E-state index contributed by atoms with van der Waals surface area (Å²) >= 11 is 9.13. The molecule has 1 aromatic carbocycles. The number of anilines is 2. The van der Waals surface area contributed by atoms with Gasteiger partial charge in [-0.3, -0.25) is 4.79 Å². The van der Waals surface area contributed by atoms with Gasteiger partial charge in [0.05, 0.1) is 16.3 Å². The zero-order valence-electron chi connectivity index (χ0n) is 11.1. The molecule has 0 bridgehead atoms. The van der Waals surface area contributed by atoms with Crippen LogP contribution in [0.2, 0.25) is 5.02 Å². The first-order valence-corrected chi connectivity index (χ1v) is 7.34. The van der Waals surface area contributed by atoms with Crippen molar-refractivity contribution in [2.24, 2.45) is 0 Å². The summed E-state index contributed by atoms with van der Waals surface area (Å²) in [6, 6.07) is 5.90. The molecule has 1 amide bonds. The van der Waals surface area contributed by atoms with Gasteiger partial charge in [-0.2, -0.15) is 0 Å². The third-order valence-corrected chi connectivity index (χ3v) is 3.43. The minimum absolute atomic E-state index is 0.0843. The Kier molecular flexibility index (Phi) is 5.14. The Bertz CT molecular complexity index is 681. The minimum atomic E-state index is -0.533. The molecule has 0 aliphatic carbocycles. The van der Waals surface area contributed by atoms with E-state index in [-0.39, 0.29) is 16.3 Å². The second-order valence-electron chi connectivity index (χ2n) is 4.16. The van der Waals surface area contributed by atoms with Crippen LogP contribution in [0.4, 0.5) is 15.9 Å². The molecule has 0 fully saturated rings. The van der Waals surface area contributed by atoms with Gasteiger partial charge in [0.1, 0.15) is 11.6 Å². The summed E-state index contributed by atoms with van der Waals surface area (Å²) in [5, 5.41) is 5.67. The van der Waals surface area contributed by atoms with E-state index >= 15 is 0 Å². The number of halogens is 3. The van der Waals surface area contributed by atoms with E-state index in [1.807, 2.05) is 6.92 Å². The number of carbonyl (C=O) groups is 1. The van der Waals surface area contributed by atoms with Crippen molar-refractivity contribution in [3.05, 3.63) is 51.3 Å². The Labute approximate surface area is 134 Å². The van der Waals surface area contributed by atoms with Crippen LogP contribution in [0.25, 0.3) is 0 Å². The Morgan fingerprint density at radius 1 is 1.43 bits per heavy atom. The molecule has 0 radical (unpaired) electrons. The van der Waals surface area contributed by atoms with Crippen molar-refractivity contribution in [2.45, 2.75) is 6.92 Å². The van der Waals surface area contributed by atoms with Crippen molar-refractivity contribution in [1.29, 1.82) is 0 Å². The minimum Gasteiger partial charge on any atom is -0.370 e. The summed E-state index contributed by atoms with van der Waals surface area (Å²) in [7, 11) is 0. The predicted molar refractivity (Wildman–Crippen MR) is 85.5 cm³/mol. The Morgan fingerprint density at radius 2 is 2.19 bits per heavy atom. The summed E-state index contributed by atoms with van der Waals surface area (Å²) in [5.74, 6) is -0.499. The van der Waals surface area contributed by atoms with Crippen LogP contribution in [0, 0.1) is 5.82 Å². The van der Waals surface area contributed by atoms with E-state index in [9.17, 15) is 9.18 Å². The monoisotopic (exact) mass is 371 g/mol. The second kappa shape index (κ2) is 6.87. The molecular weight excluding hydrogens is 361 g/mol. The summed E-state index contributed by atoms with van der Waals surface area (Å²) in [5.41, 5.74) is 0.311. The van der Waals surface area contributed by atoms with Crippen LogP contribution in [0.5, 0.6) is 0 Å². The van der Waals surface area contributed by atoms with Crippen LogP contribution in [0.3, 0.4) is 0 Å². The number of nitrogens with one attached hydrogen (secondary N) is 2. The first kappa shape index (κ1) is 15.7. The SMILES string of the molecule is CCNc1cc(C(=O)Nc2ccc(Br)cc2F)c(Cl)cn1. The lowest BCUT2D eigenvalue weighted by Crippen LogP contribution is -2.14. The second-order valence-corrected chi connectivity index (χ2v) is 5.48. The molecule has 0 spiro atoms. The van der Waals surface area contributed by atoms with Gasteiger partial charge in [0, 0.05) is 17.2 Å².